The van der Waals surface area contributed by atoms with E-state index < -0.39 is 0 Å². The highest BCUT2D eigenvalue weighted by Gasteiger charge is 2.26. The Labute approximate surface area is 109 Å². The second-order valence-corrected chi connectivity index (χ2v) is 5.78. The molecule has 0 saturated heterocycles. The van der Waals surface area contributed by atoms with Crippen LogP contribution < -0.4 is 5.32 Å². The van der Waals surface area contributed by atoms with Crippen LogP contribution in [0.1, 0.15) is 44.2 Å². The van der Waals surface area contributed by atoms with Crippen molar-refractivity contribution >= 4 is 11.8 Å². The fourth-order valence-electron chi connectivity index (χ4n) is 2.28. The third-order valence-corrected chi connectivity index (χ3v) is 4.23. The van der Waals surface area contributed by atoms with Crippen molar-refractivity contribution in [1.82, 2.24) is 5.32 Å². The molecule has 1 unspecified atom stereocenters. The minimum absolute atomic E-state index is 0.561. The van der Waals surface area contributed by atoms with Gasteiger partial charge in [0, 0.05) is 10.9 Å². The molecule has 0 aliphatic heterocycles. The highest BCUT2D eigenvalue weighted by Crippen LogP contribution is 2.39. The predicted molar refractivity (Wildman–Crippen MR) is 76.6 cm³/mol. The lowest BCUT2D eigenvalue weighted by Gasteiger charge is -2.21. The lowest BCUT2D eigenvalue weighted by molar-refractivity contribution is 0.468. The summed E-state index contributed by atoms with van der Waals surface area (Å²) in [5, 5.41) is 3.72. The monoisotopic (exact) mass is 249 g/mol. The van der Waals surface area contributed by atoms with Crippen LogP contribution in [0, 0.1) is 5.92 Å². The van der Waals surface area contributed by atoms with Crippen LogP contribution in [0.2, 0.25) is 0 Å². The normalized spacial score (nSPS) is 17.1. The van der Waals surface area contributed by atoms with Gasteiger partial charge in [-0.2, -0.15) is 0 Å². The minimum Gasteiger partial charge on any atom is -0.310 e. The highest BCUT2D eigenvalue weighted by molar-refractivity contribution is 7.98. The Morgan fingerprint density at radius 3 is 2.76 bits per heavy atom. The molecule has 1 atom stereocenters. The molecular formula is C15H23NS. The van der Waals surface area contributed by atoms with Crippen molar-refractivity contribution in [2.45, 2.75) is 43.5 Å². The SMILES string of the molecule is CCCNC(CC1CC1)c1ccccc1SC. The van der Waals surface area contributed by atoms with E-state index in [-0.39, 0.29) is 0 Å². The van der Waals surface area contributed by atoms with Crippen LogP contribution in [-0.4, -0.2) is 12.8 Å². The average molecular weight is 249 g/mol. The topological polar surface area (TPSA) is 12.0 Å². The van der Waals surface area contributed by atoms with Crippen LogP contribution in [0.5, 0.6) is 0 Å². The van der Waals surface area contributed by atoms with Gasteiger partial charge in [0.05, 0.1) is 0 Å². The second-order valence-electron chi connectivity index (χ2n) is 4.93. The first-order valence-electron chi connectivity index (χ1n) is 6.71. The van der Waals surface area contributed by atoms with Gasteiger partial charge in [0.2, 0.25) is 0 Å². The van der Waals surface area contributed by atoms with Gasteiger partial charge in [0.25, 0.3) is 0 Å². The number of thioether (sulfide) groups is 1. The van der Waals surface area contributed by atoms with E-state index in [1.165, 1.54) is 36.1 Å². The van der Waals surface area contributed by atoms with Gasteiger partial charge in [-0.25, -0.2) is 0 Å². The molecule has 2 heteroatoms. The molecule has 1 nitrogen and oxygen atoms in total. The lowest BCUT2D eigenvalue weighted by atomic mass is 10.0. The highest BCUT2D eigenvalue weighted by atomic mass is 32.2. The number of hydrogen-bond acceptors (Lipinski definition) is 2. The van der Waals surface area contributed by atoms with Gasteiger partial charge in [-0.15, -0.1) is 11.8 Å². The van der Waals surface area contributed by atoms with Crippen LogP contribution >= 0.6 is 11.8 Å². The van der Waals surface area contributed by atoms with Gasteiger partial charge < -0.3 is 5.32 Å². The van der Waals surface area contributed by atoms with E-state index in [9.17, 15) is 0 Å². The molecule has 1 aromatic rings. The second kappa shape index (κ2) is 6.46. The average Bonchev–Trinajstić information content (AvgIpc) is 3.18. The van der Waals surface area contributed by atoms with Crippen LogP contribution in [0.25, 0.3) is 0 Å². The first-order valence-corrected chi connectivity index (χ1v) is 7.94. The zero-order valence-electron chi connectivity index (χ0n) is 10.9. The summed E-state index contributed by atoms with van der Waals surface area (Å²) in [5.41, 5.74) is 1.50. The van der Waals surface area contributed by atoms with Gasteiger partial charge in [0.15, 0.2) is 0 Å². The van der Waals surface area contributed by atoms with E-state index in [2.05, 4.69) is 42.8 Å². The third kappa shape index (κ3) is 3.75. The minimum atomic E-state index is 0.561. The number of nitrogens with one attached hydrogen (secondary N) is 1. The lowest BCUT2D eigenvalue weighted by Crippen LogP contribution is -2.23. The van der Waals surface area contributed by atoms with E-state index in [1.807, 2.05) is 11.8 Å². The molecular weight excluding hydrogens is 226 g/mol. The van der Waals surface area contributed by atoms with Crippen molar-refractivity contribution in [3.8, 4) is 0 Å². The Hall–Kier alpha value is -0.470. The Balaban J connectivity index is 2.10. The smallest absolute Gasteiger partial charge is 0.0333 e. The molecule has 17 heavy (non-hydrogen) atoms. The number of rotatable bonds is 7. The van der Waals surface area contributed by atoms with Crippen LogP contribution in [0.15, 0.2) is 29.2 Å². The molecule has 1 fully saturated rings. The maximum atomic E-state index is 3.72. The Morgan fingerprint density at radius 1 is 1.35 bits per heavy atom. The molecule has 94 valence electrons. The van der Waals surface area contributed by atoms with Gasteiger partial charge in [-0.3, -0.25) is 0 Å². The molecule has 0 aromatic heterocycles. The first-order chi connectivity index (χ1) is 8.35. The molecule has 2 rings (SSSR count). The first kappa shape index (κ1) is 13.0. The van der Waals surface area contributed by atoms with Crippen molar-refractivity contribution in [3.63, 3.8) is 0 Å². The molecule has 0 radical (unpaired) electrons. The quantitative estimate of drug-likeness (QED) is 0.725. The number of hydrogen-bond donors (Lipinski definition) is 1. The van der Waals surface area contributed by atoms with Gasteiger partial charge in [0.1, 0.15) is 0 Å². The molecule has 0 amide bonds. The van der Waals surface area contributed by atoms with Gasteiger partial charge >= 0.3 is 0 Å². The van der Waals surface area contributed by atoms with Crippen molar-refractivity contribution < 1.29 is 0 Å². The van der Waals surface area contributed by atoms with Crippen LogP contribution in [0.4, 0.5) is 0 Å². The number of benzene rings is 1. The Morgan fingerprint density at radius 2 is 2.12 bits per heavy atom. The Bertz CT molecular complexity index is 347. The molecule has 1 aromatic carbocycles. The summed E-state index contributed by atoms with van der Waals surface area (Å²) in [6.07, 6.45) is 7.57. The summed E-state index contributed by atoms with van der Waals surface area (Å²) in [7, 11) is 0. The van der Waals surface area contributed by atoms with Crippen molar-refractivity contribution in [1.29, 1.82) is 0 Å². The van der Waals surface area contributed by atoms with E-state index in [1.54, 1.807) is 0 Å². The third-order valence-electron chi connectivity index (χ3n) is 3.42. The van der Waals surface area contributed by atoms with Crippen molar-refractivity contribution in [3.05, 3.63) is 29.8 Å². The molecule has 1 N–H and O–H groups in total. The van der Waals surface area contributed by atoms with Crippen molar-refractivity contribution in [2.75, 3.05) is 12.8 Å². The zero-order valence-corrected chi connectivity index (χ0v) is 11.7. The molecule has 0 heterocycles. The van der Waals surface area contributed by atoms with Crippen LogP contribution in [0.3, 0.4) is 0 Å². The summed E-state index contributed by atoms with van der Waals surface area (Å²) in [5.74, 6) is 0.972. The Kier molecular flexibility index (Phi) is 4.93. The summed E-state index contributed by atoms with van der Waals surface area (Å²) in [6.45, 7) is 3.36. The zero-order chi connectivity index (χ0) is 12.1. The van der Waals surface area contributed by atoms with E-state index in [0.29, 0.717) is 6.04 Å². The predicted octanol–water partition coefficient (Wildman–Crippen LogP) is 4.25. The van der Waals surface area contributed by atoms with Gasteiger partial charge in [-0.1, -0.05) is 38.0 Å². The largest absolute Gasteiger partial charge is 0.310 e. The maximum absolute atomic E-state index is 3.72. The molecule has 0 bridgehead atoms. The summed E-state index contributed by atoms with van der Waals surface area (Å²) in [6, 6.07) is 9.41. The fraction of sp³-hybridized carbons (Fsp3) is 0.600. The van der Waals surface area contributed by atoms with E-state index in [0.717, 1.165) is 12.5 Å². The molecule has 0 spiro atoms. The summed E-state index contributed by atoms with van der Waals surface area (Å²) >= 11 is 1.86. The molecule has 1 aliphatic rings. The van der Waals surface area contributed by atoms with Crippen LogP contribution in [-0.2, 0) is 0 Å². The molecule has 1 aliphatic carbocycles. The molecule has 1 saturated carbocycles. The van der Waals surface area contributed by atoms with Crippen molar-refractivity contribution in [2.24, 2.45) is 5.92 Å². The van der Waals surface area contributed by atoms with E-state index >= 15 is 0 Å². The summed E-state index contributed by atoms with van der Waals surface area (Å²) < 4.78 is 0. The summed E-state index contributed by atoms with van der Waals surface area (Å²) in [4.78, 5) is 1.43. The fourth-order valence-corrected chi connectivity index (χ4v) is 2.94. The van der Waals surface area contributed by atoms with Gasteiger partial charge in [-0.05, 0) is 43.2 Å². The standard InChI is InChI=1S/C15H23NS/c1-3-10-16-14(11-12-8-9-12)13-6-4-5-7-15(13)17-2/h4-7,12,14,16H,3,8-11H2,1-2H3. The maximum Gasteiger partial charge on any atom is 0.0333 e. The van der Waals surface area contributed by atoms with E-state index in [4.69, 9.17) is 0 Å².